The molecule has 0 aromatic heterocycles. The van der Waals surface area contributed by atoms with Crippen molar-refractivity contribution in [3.63, 3.8) is 0 Å². The zero-order chi connectivity index (χ0) is 18.9. The SMILES string of the molecule is O=C1CCCN1c1ccc(S(=O)(=O)NC2CCC(C(F)(F)F)CC2)cc1. The Morgan fingerprint density at radius 2 is 1.65 bits per heavy atom. The van der Waals surface area contributed by atoms with Gasteiger partial charge in [-0.25, -0.2) is 13.1 Å². The lowest BCUT2D eigenvalue weighted by atomic mass is 9.86. The molecule has 0 radical (unpaired) electrons. The van der Waals surface area contributed by atoms with Crippen molar-refractivity contribution in [1.82, 2.24) is 4.72 Å². The van der Waals surface area contributed by atoms with Gasteiger partial charge < -0.3 is 4.90 Å². The van der Waals surface area contributed by atoms with Crippen molar-refractivity contribution in [2.75, 3.05) is 11.4 Å². The largest absolute Gasteiger partial charge is 0.391 e. The molecular weight excluding hydrogens is 369 g/mol. The normalized spacial score (nSPS) is 24.9. The summed E-state index contributed by atoms with van der Waals surface area (Å²) in [5.74, 6) is -1.33. The number of alkyl halides is 3. The van der Waals surface area contributed by atoms with Crippen molar-refractivity contribution in [3.05, 3.63) is 24.3 Å². The van der Waals surface area contributed by atoms with Gasteiger partial charge in [0.25, 0.3) is 0 Å². The molecule has 1 amide bonds. The lowest BCUT2D eigenvalue weighted by Gasteiger charge is -2.30. The van der Waals surface area contributed by atoms with Crippen LogP contribution in [0.2, 0.25) is 0 Å². The number of halogens is 3. The first kappa shape index (κ1) is 19.2. The average Bonchev–Trinajstić information content (AvgIpc) is 3.00. The maximum Gasteiger partial charge on any atom is 0.391 e. The first-order valence-electron chi connectivity index (χ1n) is 8.66. The Bertz CT molecular complexity index is 754. The summed E-state index contributed by atoms with van der Waals surface area (Å²) in [5, 5.41) is 0. The highest BCUT2D eigenvalue weighted by Gasteiger charge is 2.41. The van der Waals surface area contributed by atoms with Crippen LogP contribution in [0.3, 0.4) is 0 Å². The number of carbonyl (C=O) groups excluding carboxylic acids is 1. The van der Waals surface area contributed by atoms with Crippen LogP contribution in [-0.4, -0.2) is 33.1 Å². The Hall–Kier alpha value is -1.61. The molecule has 9 heteroatoms. The molecule has 144 valence electrons. The second-order valence-electron chi connectivity index (χ2n) is 6.85. The van der Waals surface area contributed by atoms with Crippen LogP contribution < -0.4 is 9.62 Å². The Labute approximate surface area is 150 Å². The number of nitrogens with one attached hydrogen (secondary N) is 1. The van der Waals surface area contributed by atoms with Crippen molar-refractivity contribution in [1.29, 1.82) is 0 Å². The molecule has 2 fully saturated rings. The second kappa shape index (κ2) is 7.19. The molecule has 1 heterocycles. The summed E-state index contributed by atoms with van der Waals surface area (Å²) in [4.78, 5) is 13.4. The van der Waals surface area contributed by atoms with Crippen LogP contribution in [0.5, 0.6) is 0 Å². The minimum atomic E-state index is -4.22. The first-order chi connectivity index (χ1) is 12.2. The molecule has 1 aliphatic heterocycles. The van der Waals surface area contributed by atoms with E-state index in [1.807, 2.05) is 0 Å². The highest BCUT2D eigenvalue weighted by Crippen LogP contribution is 2.37. The number of sulfonamides is 1. The van der Waals surface area contributed by atoms with Crippen molar-refractivity contribution < 1.29 is 26.4 Å². The fourth-order valence-electron chi connectivity index (χ4n) is 3.55. The van der Waals surface area contributed by atoms with E-state index in [9.17, 15) is 26.4 Å². The van der Waals surface area contributed by atoms with Gasteiger partial charge in [-0.05, 0) is 56.4 Å². The predicted molar refractivity (Wildman–Crippen MR) is 90.2 cm³/mol. The molecule has 1 saturated carbocycles. The molecule has 0 atom stereocenters. The Morgan fingerprint density at radius 3 is 2.15 bits per heavy atom. The summed E-state index contributed by atoms with van der Waals surface area (Å²) in [6, 6.07) is 5.52. The van der Waals surface area contributed by atoms with Gasteiger partial charge >= 0.3 is 6.18 Å². The van der Waals surface area contributed by atoms with E-state index in [-0.39, 0.29) is 36.5 Å². The summed E-state index contributed by atoms with van der Waals surface area (Å²) >= 11 is 0. The molecule has 0 spiro atoms. The maximum atomic E-state index is 12.7. The number of rotatable bonds is 4. The molecule has 0 bridgehead atoms. The van der Waals surface area contributed by atoms with Crippen LogP contribution in [0, 0.1) is 5.92 Å². The zero-order valence-corrected chi connectivity index (χ0v) is 14.9. The van der Waals surface area contributed by atoms with Gasteiger partial charge in [0.2, 0.25) is 15.9 Å². The van der Waals surface area contributed by atoms with E-state index in [4.69, 9.17) is 0 Å². The van der Waals surface area contributed by atoms with Gasteiger partial charge in [0.05, 0.1) is 10.8 Å². The summed E-state index contributed by atoms with van der Waals surface area (Å²) in [7, 11) is -3.80. The third-order valence-corrected chi connectivity index (χ3v) is 6.58. The van der Waals surface area contributed by atoms with Crippen molar-refractivity contribution in [2.24, 2.45) is 5.92 Å². The maximum absolute atomic E-state index is 12.7. The highest BCUT2D eigenvalue weighted by molar-refractivity contribution is 7.89. The van der Waals surface area contributed by atoms with Crippen LogP contribution in [0.4, 0.5) is 18.9 Å². The minimum Gasteiger partial charge on any atom is -0.312 e. The summed E-state index contributed by atoms with van der Waals surface area (Å²) < 4.78 is 65.5. The number of amides is 1. The van der Waals surface area contributed by atoms with Gasteiger partial charge in [-0.1, -0.05) is 0 Å². The van der Waals surface area contributed by atoms with E-state index in [0.29, 0.717) is 18.7 Å². The molecule has 1 aromatic carbocycles. The molecule has 1 aromatic rings. The quantitative estimate of drug-likeness (QED) is 0.859. The number of hydrogen-bond donors (Lipinski definition) is 1. The van der Waals surface area contributed by atoms with Crippen LogP contribution >= 0.6 is 0 Å². The third kappa shape index (κ3) is 4.20. The van der Waals surface area contributed by atoms with Crippen LogP contribution in [0.15, 0.2) is 29.2 Å². The molecular formula is C17H21F3N2O3S. The fourth-order valence-corrected chi connectivity index (χ4v) is 4.86. The third-order valence-electron chi connectivity index (χ3n) is 5.04. The number of anilines is 1. The number of nitrogens with zero attached hydrogens (tertiary/aromatic N) is 1. The van der Waals surface area contributed by atoms with Gasteiger partial charge in [0.15, 0.2) is 0 Å². The molecule has 1 saturated heterocycles. The Balaban J connectivity index is 1.63. The summed E-state index contributed by atoms with van der Waals surface area (Å²) in [5.41, 5.74) is 0.650. The zero-order valence-electron chi connectivity index (χ0n) is 14.1. The monoisotopic (exact) mass is 390 g/mol. The highest BCUT2D eigenvalue weighted by atomic mass is 32.2. The number of hydrogen-bond acceptors (Lipinski definition) is 3. The van der Waals surface area contributed by atoms with Gasteiger partial charge in [-0.3, -0.25) is 4.79 Å². The molecule has 1 aliphatic carbocycles. The van der Waals surface area contributed by atoms with E-state index >= 15 is 0 Å². The van der Waals surface area contributed by atoms with Crippen LogP contribution in [0.25, 0.3) is 0 Å². The van der Waals surface area contributed by atoms with E-state index in [0.717, 1.165) is 6.42 Å². The molecule has 26 heavy (non-hydrogen) atoms. The molecule has 0 unspecified atom stereocenters. The minimum absolute atomic E-state index is 0.0140. The standard InChI is InChI=1S/C17H21F3N2O3S/c18-17(19,20)12-3-5-13(6-4-12)21-26(24,25)15-9-7-14(8-10-15)22-11-1-2-16(22)23/h7-10,12-13,21H,1-6,11H2. The van der Waals surface area contributed by atoms with Gasteiger partial charge in [0, 0.05) is 24.7 Å². The van der Waals surface area contributed by atoms with Crippen molar-refractivity contribution in [2.45, 2.75) is 55.6 Å². The lowest BCUT2D eigenvalue weighted by Crippen LogP contribution is -2.40. The van der Waals surface area contributed by atoms with E-state index in [1.54, 1.807) is 17.0 Å². The lowest BCUT2D eigenvalue weighted by molar-refractivity contribution is -0.182. The molecule has 3 rings (SSSR count). The second-order valence-corrected chi connectivity index (χ2v) is 8.57. The predicted octanol–water partition coefficient (Wildman–Crippen LogP) is 3.21. The Kier molecular flexibility index (Phi) is 5.30. The number of carbonyl (C=O) groups is 1. The van der Waals surface area contributed by atoms with E-state index in [2.05, 4.69) is 4.72 Å². The molecule has 2 aliphatic rings. The first-order valence-corrected chi connectivity index (χ1v) is 10.1. The fraction of sp³-hybridized carbons (Fsp3) is 0.588. The molecule has 1 N–H and O–H groups in total. The number of benzene rings is 1. The van der Waals surface area contributed by atoms with Gasteiger partial charge in [0.1, 0.15) is 0 Å². The summed E-state index contributed by atoms with van der Waals surface area (Å²) in [6.07, 6.45) is -2.73. The van der Waals surface area contributed by atoms with Crippen molar-refractivity contribution >= 4 is 21.6 Å². The smallest absolute Gasteiger partial charge is 0.312 e. The topological polar surface area (TPSA) is 66.5 Å². The summed E-state index contributed by atoms with van der Waals surface area (Å²) in [6.45, 7) is 0.617. The average molecular weight is 390 g/mol. The van der Waals surface area contributed by atoms with Gasteiger partial charge in [-0.15, -0.1) is 0 Å². The van der Waals surface area contributed by atoms with E-state index in [1.165, 1.54) is 12.1 Å². The molecule has 5 nitrogen and oxygen atoms in total. The van der Waals surface area contributed by atoms with Crippen molar-refractivity contribution in [3.8, 4) is 0 Å². The van der Waals surface area contributed by atoms with Gasteiger partial charge in [-0.2, -0.15) is 13.2 Å². The van der Waals surface area contributed by atoms with E-state index < -0.39 is 28.2 Å². The van der Waals surface area contributed by atoms with Crippen LogP contribution in [-0.2, 0) is 14.8 Å². The van der Waals surface area contributed by atoms with Crippen LogP contribution in [0.1, 0.15) is 38.5 Å². The Morgan fingerprint density at radius 1 is 1.04 bits per heavy atom.